The van der Waals surface area contributed by atoms with Crippen molar-refractivity contribution in [2.75, 3.05) is 40.3 Å². The van der Waals surface area contributed by atoms with Crippen molar-refractivity contribution in [3.05, 3.63) is 35.4 Å². The van der Waals surface area contributed by atoms with Gasteiger partial charge in [-0.05, 0) is 58.4 Å². The number of piperidine rings is 1. The van der Waals surface area contributed by atoms with Gasteiger partial charge in [-0.15, -0.1) is 0 Å². The Kier molecular flexibility index (Phi) is 5.32. The highest BCUT2D eigenvalue weighted by Gasteiger charge is 2.21. The van der Waals surface area contributed by atoms with E-state index >= 15 is 0 Å². The monoisotopic (exact) mass is 274 g/mol. The average Bonchev–Trinajstić information content (AvgIpc) is 2.41. The van der Waals surface area contributed by atoms with Gasteiger partial charge in [0.25, 0.3) is 0 Å². The number of carbonyl (C=O) groups is 1. The van der Waals surface area contributed by atoms with Crippen molar-refractivity contribution in [1.82, 2.24) is 9.80 Å². The molecule has 0 saturated carbocycles. The van der Waals surface area contributed by atoms with Gasteiger partial charge in [-0.2, -0.15) is 0 Å². The zero-order valence-corrected chi connectivity index (χ0v) is 12.9. The van der Waals surface area contributed by atoms with Crippen molar-refractivity contribution in [3.63, 3.8) is 0 Å². The third-order valence-electron chi connectivity index (χ3n) is 4.14. The second kappa shape index (κ2) is 7.00. The van der Waals surface area contributed by atoms with Crippen LogP contribution < -0.4 is 0 Å². The molecule has 0 atom stereocenters. The van der Waals surface area contributed by atoms with Crippen LogP contribution in [0.15, 0.2) is 24.3 Å². The van der Waals surface area contributed by atoms with Gasteiger partial charge in [0.2, 0.25) is 0 Å². The lowest BCUT2D eigenvalue weighted by molar-refractivity contribution is 0.0885. The van der Waals surface area contributed by atoms with Crippen LogP contribution in [0.4, 0.5) is 0 Å². The van der Waals surface area contributed by atoms with E-state index in [1.54, 1.807) is 0 Å². The van der Waals surface area contributed by atoms with E-state index in [-0.39, 0.29) is 5.78 Å². The van der Waals surface area contributed by atoms with Gasteiger partial charge in [-0.3, -0.25) is 9.69 Å². The molecule has 0 aromatic heterocycles. The lowest BCUT2D eigenvalue weighted by Gasteiger charge is -2.32. The zero-order chi connectivity index (χ0) is 14.5. The van der Waals surface area contributed by atoms with E-state index in [2.05, 4.69) is 23.9 Å². The molecule has 0 unspecified atom stereocenters. The largest absolute Gasteiger partial charge is 0.309 e. The summed E-state index contributed by atoms with van der Waals surface area (Å²) in [6.07, 6.45) is 2.42. The Morgan fingerprint density at radius 1 is 1.25 bits per heavy atom. The Morgan fingerprint density at radius 2 is 1.90 bits per heavy atom. The Bertz CT molecular complexity index is 448. The molecule has 3 heteroatoms. The van der Waals surface area contributed by atoms with Crippen LogP contribution in [0.5, 0.6) is 0 Å². The Hall–Kier alpha value is -1.19. The molecule has 1 aromatic carbocycles. The van der Waals surface area contributed by atoms with E-state index < -0.39 is 0 Å². The van der Waals surface area contributed by atoms with E-state index in [1.165, 1.54) is 19.4 Å². The van der Waals surface area contributed by atoms with Gasteiger partial charge in [0.05, 0.1) is 6.54 Å². The van der Waals surface area contributed by atoms with Crippen molar-refractivity contribution in [2.45, 2.75) is 19.8 Å². The third-order valence-corrected chi connectivity index (χ3v) is 4.14. The number of ketones is 1. The summed E-state index contributed by atoms with van der Waals surface area (Å²) in [5, 5.41) is 0. The van der Waals surface area contributed by atoms with Crippen molar-refractivity contribution < 1.29 is 4.79 Å². The molecule has 0 spiro atoms. The van der Waals surface area contributed by atoms with E-state index in [9.17, 15) is 4.79 Å². The number of aryl methyl sites for hydroxylation is 1. The summed E-state index contributed by atoms with van der Waals surface area (Å²) in [4.78, 5) is 16.9. The summed E-state index contributed by atoms with van der Waals surface area (Å²) in [6, 6.07) is 7.88. The maximum Gasteiger partial charge on any atom is 0.177 e. The Morgan fingerprint density at radius 3 is 2.50 bits per heavy atom. The quantitative estimate of drug-likeness (QED) is 0.771. The summed E-state index contributed by atoms with van der Waals surface area (Å²) in [5.41, 5.74) is 1.96. The van der Waals surface area contributed by atoms with Crippen LogP contribution in [0.25, 0.3) is 0 Å². The van der Waals surface area contributed by atoms with Gasteiger partial charge in [-0.1, -0.05) is 24.3 Å². The van der Waals surface area contributed by atoms with E-state index in [0.717, 1.165) is 30.1 Å². The highest BCUT2D eigenvalue weighted by molar-refractivity contribution is 5.98. The van der Waals surface area contributed by atoms with Crippen molar-refractivity contribution in [2.24, 2.45) is 5.92 Å². The molecule has 110 valence electrons. The number of nitrogens with zero attached hydrogens (tertiary/aromatic N) is 2. The molecule has 0 aliphatic carbocycles. The first kappa shape index (κ1) is 15.2. The molecule has 1 heterocycles. The fourth-order valence-corrected chi connectivity index (χ4v) is 3.02. The number of hydrogen-bond acceptors (Lipinski definition) is 3. The molecule has 3 nitrogen and oxygen atoms in total. The minimum Gasteiger partial charge on any atom is -0.309 e. The number of likely N-dealkylation sites (tertiary alicyclic amines) is 1. The maximum absolute atomic E-state index is 12.3. The molecule has 1 fully saturated rings. The molecule has 20 heavy (non-hydrogen) atoms. The lowest BCUT2D eigenvalue weighted by Crippen LogP contribution is -2.39. The van der Waals surface area contributed by atoms with Gasteiger partial charge in [0.15, 0.2) is 5.78 Å². The minimum absolute atomic E-state index is 0.258. The highest BCUT2D eigenvalue weighted by atomic mass is 16.1. The average molecular weight is 274 g/mol. The summed E-state index contributed by atoms with van der Waals surface area (Å²) < 4.78 is 0. The Labute approximate surface area is 122 Å². The van der Waals surface area contributed by atoms with E-state index in [0.29, 0.717) is 6.54 Å². The van der Waals surface area contributed by atoms with Crippen LogP contribution in [0.1, 0.15) is 28.8 Å². The molecule has 1 aliphatic rings. The number of Topliss-reactive ketones (excluding diaryl/α,β-unsaturated/α-hetero) is 1. The van der Waals surface area contributed by atoms with Crippen LogP contribution in [0, 0.1) is 12.8 Å². The summed E-state index contributed by atoms with van der Waals surface area (Å²) in [7, 11) is 4.27. The third kappa shape index (κ3) is 4.15. The normalized spacial score (nSPS) is 17.6. The fourth-order valence-electron chi connectivity index (χ4n) is 3.02. The summed E-state index contributed by atoms with van der Waals surface area (Å²) in [5.74, 6) is 1.05. The van der Waals surface area contributed by atoms with Gasteiger partial charge in [0, 0.05) is 12.1 Å². The van der Waals surface area contributed by atoms with Crippen molar-refractivity contribution in [1.29, 1.82) is 0 Å². The molecule has 0 bridgehead atoms. The lowest BCUT2D eigenvalue weighted by atomic mass is 9.95. The van der Waals surface area contributed by atoms with E-state index in [1.807, 2.05) is 31.2 Å². The molecule has 1 aromatic rings. The fraction of sp³-hybridized carbons (Fsp3) is 0.588. The second-order valence-corrected chi connectivity index (χ2v) is 6.22. The molecule has 1 aliphatic heterocycles. The minimum atomic E-state index is 0.258. The van der Waals surface area contributed by atoms with Crippen molar-refractivity contribution in [3.8, 4) is 0 Å². The first-order chi connectivity index (χ1) is 9.56. The van der Waals surface area contributed by atoms with Gasteiger partial charge >= 0.3 is 0 Å². The van der Waals surface area contributed by atoms with Crippen molar-refractivity contribution >= 4 is 5.78 Å². The number of carbonyl (C=O) groups excluding carboxylic acids is 1. The molecule has 0 amide bonds. The molecule has 0 N–H and O–H groups in total. The van der Waals surface area contributed by atoms with Gasteiger partial charge in [0.1, 0.15) is 0 Å². The predicted octanol–water partition coefficient (Wildman–Crippen LogP) is 2.45. The van der Waals surface area contributed by atoms with Crippen LogP contribution in [-0.2, 0) is 0 Å². The molecule has 2 rings (SSSR count). The topological polar surface area (TPSA) is 23.6 Å². The number of benzene rings is 1. The smallest absolute Gasteiger partial charge is 0.177 e. The van der Waals surface area contributed by atoms with Gasteiger partial charge in [-0.25, -0.2) is 0 Å². The Balaban J connectivity index is 1.84. The molecule has 1 saturated heterocycles. The second-order valence-electron chi connectivity index (χ2n) is 6.22. The number of rotatable bonds is 5. The van der Waals surface area contributed by atoms with Crippen LogP contribution in [0.2, 0.25) is 0 Å². The van der Waals surface area contributed by atoms with Crippen LogP contribution >= 0.6 is 0 Å². The van der Waals surface area contributed by atoms with Crippen LogP contribution in [-0.4, -0.2) is 55.9 Å². The first-order valence-corrected chi connectivity index (χ1v) is 7.52. The molecule has 0 radical (unpaired) electrons. The highest BCUT2D eigenvalue weighted by Crippen LogP contribution is 2.18. The van der Waals surface area contributed by atoms with Gasteiger partial charge < -0.3 is 4.90 Å². The zero-order valence-electron chi connectivity index (χ0n) is 12.9. The standard InChI is InChI=1S/C17H26N2O/c1-14-6-4-5-7-16(14)17(20)13-19-10-8-15(9-11-19)12-18(2)3/h4-7,15H,8-13H2,1-3H3. The maximum atomic E-state index is 12.3. The summed E-state index contributed by atoms with van der Waals surface area (Å²) >= 11 is 0. The SMILES string of the molecule is Cc1ccccc1C(=O)CN1CCC(CN(C)C)CC1. The molecular weight excluding hydrogens is 248 g/mol. The predicted molar refractivity (Wildman–Crippen MR) is 83.2 cm³/mol. The van der Waals surface area contributed by atoms with E-state index in [4.69, 9.17) is 0 Å². The summed E-state index contributed by atoms with van der Waals surface area (Å²) in [6.45, 7) is 5.85. The molecular formula is C17H26N2O. The first-order valence-electron chi connectivity index (χ1n) is 7.52. The number of hydrogen-bond donors (Lipinski definition) is 0. The van der Waals surface area contributed by atoms with Crippen LogP contribution in [0.3, 0.4) is 0 Å².